The molecule has 3 aliphatic heterocycles. The van der Waals surface area contributed by atoms with Crippen LogP contribution >= 0.6 is 11.3 Å². The average molecular weight is 503 g/mol. The zero-order chi connectivity index (χ0) is 23.9. The number of piperidine rings is 1. The number of sulfonamides is 1. The third kappa shape index (κ3) is 3.91. The van der Waals surface area contributed by atoms with Crippen LogP contribution in [0.1, 0.15) is 19.8 Å². The van der Waals surface area contributed by atoms with Crippen LogP contribution in [0.3, 0.4) is 0 Å². The van der Waals surface area contributed by atoms with Gasteiger partial charge in [0.25, 0.3) is 15.9 Å². The summed E-state index contributed by atoms with van der Waals surface area (Å²) in [7, 11) is -3.59. The lowest BCUT2D eigenvalue weighted by atomic mass is 9.83. The number of pyridine rings is 1. The fourth-order valence-electron chi connectivity index (χ4n) is 4.92. The number of hydrogen-bond acceptors (Lipinski definition) is 8. The number of ether oxygens (including phenoxy) is 1. The van der Waals surface area contributed by atoms with E-state index in [-0.39, 0.29) is 31.8 Å². The Morgan fingerprint density at radius 2 is 1.79 bits per heavy atom. The van der Waals surface area contributed by atoms with Crippen molar-refractivity contribution >= 4 is 39.1 Å². The van der Waals surface area contributed by atoms with Gasteiger partial charge in [0.15, 0.2) is 0 Å². The Bertz CT molecular complexity index is 1210. The molecule has 2 fully saturated rings. The van der Waals surface area contributed by atoms with Crippen molar-refractivity contribution in [3.63, 3.8) is 0 Å². The maximum absolute atomic E-state index is 13.6. The summed E-state index contributed by atoms with van der Waals surface area (Å²) in [6.07, 6.45) is 2.27. The van der Waals surface area contributed by atoms with Gasteiger partial charge in [-0.25, -0.2) is 18.2 Å². The maximum Gasteiger partial charge on any atom is 0.335 e. The Labute approximate surface area is 202 Å². The molecular weight excluding hydrogens is 476 g/mol. The molecule has 34 heavy (non-hydrogen) atoms. The Morgan fingerprint density at radius 3 is 2.41 bits per heavy atom. The van der Waals surface area contributed by atoms with Gasteiger partial charge in [-0.2, -0.15) is 4.31 Å². The average Bonchev–Trinajstić information content (AvgIpc) is 3.48. The third-order valence-corrected chi connectivity index (χ3v) is 10.1. The predicted octanol–water partition coefficient (Wildman–Crippen LogP) is 1.89. The normalized spacial score (nSPS) is 21.3. The molecule has 1 spiro atoms. The summed E-state index contributed by atoms with van der Waals surface area (Å²) < 4.78 is 33.3. The Morgan fingerprint density at radius 1 is 1.06 bits per heavy atom. The number of anilines is 1. The molecule has 0 atom stereocenters. The summed E-state index contributed by atoms with van der Waals surface area (Å²) in [5, 5.41) is 1.73. The highest BCUT2D eigenvalue weighted by atomic mass is 32.2. The quantitative estimate of drug-likeness (QED) is 0.589. The number of aromatic nitrogens is 1. The molecule has 0 bridgehead atoms. The standard InChI is InChI=1S/C23H26N4O5S2/c1-17-20(21(28)26-14-12-25(13-15-26)18-5-2-3-9-24-18)23(32-22(17)29)7-10-27(11-8-23)34(30,31)19-6-4-16-33-19/h2-6,9,16H,7-8,10-15H2,1H3. The van der Waals surface area contributed by atoms with E-state index in [9.17, 15) is 18.0 Å². The van der Waals surface area contributed by atoms with E-state index in [4.69, 9.17) is 4.74 Å². The molecule has 2 aromatic rings. The van der Waals surface area contributed by atoms with Crippen LogP contribution in [0.15, 0.2) is 57.3 Å². The first-order chi connectivity index (χ1) is 16.3. The predicted molar refractivity (Wildman–Crippen MR) is 127 cm³/mol. The number of thiophene rings is 1. The molecule has 2 saturated heterocycles. The molecule has 0 aliphatic carbocycles. The minimum atomic E-state index is -3.59. The second-order valence-electron chi connectivity index (χ2n) is 8.69. The number of carbonyl (C=O) groups excluding carboxylic acids is 2. The largest absolute Gasteiger partial charge is 0.450 e. The lowest BCUT2D eigenvalue weighted by Gasteiger charge is -2.41. The molecule has 3 aliphatic rings. The van der Waals surface area contributed by atoms with E-state index in [1.807, 2.05) is 18.2 Å². The summed E-state index contributed by atoms with van der Waals surface area (Å²) in [5.74, 6) is 0.184. The first-order valence-corrected chi connectivity index (χ1v) is 13.6. The number of hydrogen-bond donors (Lipinski definition) is 0. The monoisotopic (exact) mass is 502 g/mol. The molecule has 0 radical (unpaired) electrons. The molecule has 2 aromatic heterocycles. The minimum absolute atomic E-state index is 0.186. The van der Waals surface area contributed by atoms with Crippen LogP contribution in [0.2, 0.25) is 0 Å². The maximum atomic E-state index is 13.6. The van der Waals surface area contributed by atoms with Crippen molar-refractivity contribution in [2.45, 2.75) is 29.6 Å². The molecule has 5 rings (SSSR count). The third-order valence-electron chi connectivity index (χ3n) is 6.80. The molecule has 0 aromatic carbocycles. The molecule has 180 valence electrons. The van der Waals surface area contributed by atoms with Gasteiger partial charge in [0.05, 0.1) is 5.57 Å². The summed E-state index contributed by atoms with van der Waals surface area (Å²) in [6.45, 7) is 4.30. The zero-order valence-corrected chi connectivity index (χ0v) is 20.5. The van der Waals surface area contributed by atoms with E-state index in [0.717, 1.165) is 5.82 Å². The summed E-state index contributed by atoms with van der Waals surface area (Å²) in [6, 6.07) is 9.04. The van der Waals surface area contributed by atoms with Crippen molar-refractivity contribution in [1.29, 1.82) is 0 Å². The molecule has 5 heterocycles. The number of nitrogens with zero attached hydrogens (tertiary/aromatic N) is 4. The van der Waals surface area contributed by atoms with Crippen LogP contribution in [-0.4, -0.2) is 79.4 Å². The number of piperazine rings is 1. The fraction of sp³-hybridized carbons (Fsp3) is 0.435. The van der Waals surface area contributed by atoms with Gasteiger partial charge in [0.1, 0.15) is 15.6 Å². The molecule has 0 N–H and O–H groups in total. The van der Waals surface area contributed by atoms with E-state index in [0.29, 0.717) is 41.5 Å². The number of carbonyl (C=O) groups is 2. The van der Waals surface area contributed by atoms with Gasteiger partial charge in [-0.05, 0) is 30.5 Å². The van der Waals surface area contributed by atoms with Crippen LogP contribution in [0.25, 0.3) is 0 Å². The van der Waals surface area contributed by atoms with E-state index in [2.05, 4.69) is 9.88 Å². The first kappa shape index (κ1) is 23.0. The van der Waals surface area contributed by atoms with Crippen molar-refractivity contribution in [3.8, 4) is 0 Å². The van der Waals surface area contributed by atoms with Crippen LogP contribution < -0.4 is 4.90 Å². The highest BCUT2D eigenvalue weighted by molar-refractivity contribution is 7.91. The van der Waals surface area contributed by atoms with E-state index in [1.165, 1.54) is 15.6 Å². The van der Waals surface area contributed by atoms with Gasteiger partial charge < -0.3 is 14.5 Å². The van der Waals surface area contributed by atoms with Crippen LogP contribution in [-0.2, 0) is 24.3 Å². The van der Waals surface area contributed by atoms with Crippen LogP contribution in [0.5, 0.6) is 0 Å². The van der Waals surface area contributed by atoms with Crippen LogP contribution in [0.4, 0.5) is 5.82 Å². The summed E-state index contributed by atoms with van der Waals surface area (Å²) >= 11 is 1.18. The van der Waals surface area contributed by atoms with Crippen molar-refractivity contribution in [2.24, 2.45) is 0 Å². The van der Waals surface area contributed by atoms with Gasteiger partial charge in [0, 0.05) is 63.9 Å². The first-order valence-electron chi connectivity index (χ1n) is 11.3. The molecular formula is C23H26N4O5S2. The van der Waals surface area contributed by atoms with Gasteiger partial charge >= 0.3 is 5.97 Å². The van der Waals surface area contributed by atoms with E-state index >= 15 is 0 Å². The van der Waals surface area contributed by atoms with Crippen molar-refractivity contribution < 1.29 is 22.7 Å². The second kappa shape index (κ2) is 8.79. The van der Waals surface area contributed by atoms with E-state index in [1.54, 1.807) is 35.5 Å². The molecule has 11 heteroatoms. The Hall–Kier alpha value is -2.76. The number of esters is 1. The summed E-state index contributed by atoms with van der Waals surface area (Å²) in [4.78, 5) is 34.4. The number of rotatable bonds is 4. The van der Waals surface area contributed by atoms with E-state index < -0.39 is 21.6 Å². The SMILES string of the molecule is CC1=C(C(=O)N2CCN(c3ccccn3)CC2)C2(CCN(S(=O)(=O)c3cccs3)CC2)OC1=O. The fourth-order valence-corrected chi connectivity index (χ4v) is 7.50. The highest BCUT2D eigenvalue weighted by Crippen LogP contribution is 2.43. The Balaban J connectivity index is 1.30. The topological polar surface area (TPSA) is 100 Å². The minimum Gasteiger partial charge on any atom is -0.450 e. The molecule has 0 saturated carbocycles. The highest BCUT2D eigenvalue weighted by Gasteiger charge is 2.53. The van der Waals surface area contributed by atoms with Gasteiger partial charge in [0.2, 0.25) is 0 Å². The van der Waals surface area contributed by atoms with Gasteiger partial charge in [-0.1, -0.05) is 12.1 Å². The zero-order valence-electron chi connectivity index (χ0n) is 18.8. The second-order valence-corrected chi connectivity index (χ2v) is 11.8. The van der Waals surface area contributed by atoms with Crippen molar-refractivity contribution in [2.75, 3.05) is 44.2 Å². The molecule has 1 amide bonds. The van der Waals surface area contributed by atoms with Crippen LogP contribution in [0, 0.1) is 0 Å². The lowest BCUT2D eigenvalue weighted by molar-refractivity contribution is -0.150. The number of amides is 1. The van der Waals surface area contributed by atoms with Gasteiger partial charge in [-0.3, -0.25) is 4.79 Å². The molecule has 0 unspecified atom stereocenters. The summed E-state index contributed by atoms with van der Waals surface area (Å²) in [5.41, 5.74) is -0.360. The van der Waals surface area contributed by atoms with Crippen molar-refractivity contribution in [1.82, 2.24) is 14.2 Å². The lowest BCUT2D eigenvalue weighted by Crippen LogP contribution is -2.53. The Kier molecular flexibility index (Phi) is 5.95. The van der Waals surface area contributed by atoms with Crippen molar-refractivity contribution in [3.05, 3.63) is 53.1 Å². The smallest absolute Gasteiger partial charge is 0.335 e. The molecule has 9 nitrogen and oxygen atoms in total. The van der Waals surface area contributed by atoms with Gasteiger partial charge in [-0.15, -0.1) is 11.3 Å².